The molecule has 0 bridgehead atoms. The number of fused-ring (bicyclic) bond motifs is 3. The minimum absolute atomic E-state index is 0.396. The van der Waals surface area contributed by atoms with Gasteiger partial charge >= 0.3 is 0 Å². The molecule has 1 aliphatic carbocycles. The number of aryl methyl sites for hydroxylation is 1. The van der Waals surface area contributed by atoms with Gasteiger partial charge in [-0.2, -0.15) is 0 Å². The molecule has 3 aromatic rings. The molecule has 5 nitrogen and oxygen atoms in total. The fourth-order valence-electron chi connectivity index (χ4n) is 2.61. The van der Waals surface area contributed by atoms with Crippen molar-refractivity contribution in [3.8, 4) is 21.3 Å². The van der Waals surface area contributed by atoms with Crippen LogP contribution in [0.25, 0.3) is 10.4 Å². The van der Waals surface area contributed by atoms with E-state index >= 15 is 0 Å². The Morgan fingerprint density at radius 3 is 2.91 bits per heavy atom. The van der Waals surface area contributed by atoms with Gasteiger partial charge in [-0.3, -0.25) is 4.79 Å². The van der Waals surface area contributed by atoms with E-state index in [-0.39, 0.29) is 0 Å². The van der Waals surface area contributed by atoms with Crippen LogP contribution in [0.15, 0.2) is 24.5 Å². The highest BCUT2D eigenvalue weighted by molar-refractivity contribution is 7.17. The monoisotopic (exact) mass is 363 g/mol. The Hall–Kier alpha value is -1.96. The molecule has 3 aromatic heterocycles. The lowest BCUT2D eigenvalue weighted by molar-refractivity contribution is 0.100. The second-order valence-corrected chi connectivity index (χ2v) is 7.21. The highest BCUT2D eigenvalue weighted by Gasteiger charge is 2.29. The highest BCUT2D eigenvalue weighted by atomic mass is 35.5. The fraction of sp³-hybridized carbons (Fsp3) is 0.133. The average Bonchev–Trinajstić information content (AvgIpc) is 3.13. The predicted octanol–water partition coefficient (Wildman–Crippen LogP) is 3.91. The van der Waals surface area contributed by atoms with Crippen molar-refractivity contribution in [2.24, 2.45) is 5.73 Å². The lowest BCUT2D eigenvalue weighted by Crippen LogP contribution is -2.12. The predicted molar refractivity (Wildman–Crippen MR) is 90.7 cm³/mol. The van der Waals surface area contributed by atoms with E-state index in [0.717, 1.165) is 28.8 Å². The first-order valence-electron chi connectivity index (χ1n) is 6.82. The minimum Gasteiger partial charge on any atom is -0.444 e. The first kappa shape index (κ1) is 14.6. The number of carbonyl (C=O) groups excluding carboxylic acids is 1. The molecule has 0 aliphatic heterocycles. The zero-order valence-electron chi connectivity index (χ0n) is 11.7. The van der Waals surface area contributed by atoms with Gasteiger partial charge in [0, 0.05) is 6.20 Å². The summed E-state index contributed by atoms with van der Waals surface area (Å²) < 4.78 is 10.2. The largest absolute Gasteiger partial charge is 0.444 e. The normalized spacial score (nSPS) is 12.6. The second kappa shape index (κ2) is 5.59. The number of carbonyl (C=O) groups is 1. The van der Waals surface area contributed by atoms with Crippen LogP contribution < -0.4 is 10.5 Å². The number of hydrogen-bond donors (Lipinski definition) is 1. The van der Waals surface area contributed by atoms with Crippen LogP contribution in [0.3, 0.4) is 0 Å². The van der Waals surface area contributed by atoms with Gasteiger partial charge in [0.1, 0.15) is 10.9 Å². The Morgan fingerprint density at radius 1 is 1.30 bits per heavy atom. The van der Waals surface area contributed by atoms with E-state index in [9.17, 15) is 4.79 Å². The summed E-state index contributed by atoms with van der Waals surface area (Å²) in [6, 6.07) is 3.39. The van der Waals surface area contributed by atoms with Crippen LogP contribution in [-0.4, -0.2) is 15.3 Å². The number of pyridine rings is 1. The summed E-state index contributed by atoms with van der Waals surface area (Å²) in [7, 11) is 0. The Labute approximate surface area is 144 Å². The number of amides is 1. The number of rotatable bonds is 3. The molecule has 1 amide bonds. The van der Waals surface area contributed by atoms with Crippen LogP contribution in [0, 0.1) is 0 Å². The van der Waals surface area contributed by atoms with Gasteiger partial charge in [-0.1, -0.05) is 22.9 Å². The average molecular weight is 364 g/mol. The van der Waals surface area contributed by atoms with Crippen molar-refractivity contribution in [3.63, 3.8) is 0 Å². The molecule has 0 aromatic carbocycles. The van der Waals surface area contributed by atoms with Crippen LogP contribution in [-0.2, 0) is 12.8 Å². The summed E-state index contributed by atoms with van der Waals surface area (Å²) in [6.45, 7) is 0. The summed E-state index contributed by atoms with van der Waals surface area (Å²) >= 11 is 8.47. The van der Waals surface area contributed by atoms with Gasteiger partial charge in [-0.25, -0.2) is 9.36 Å². The molecule has 23 heavy (non-hydrogen) atoms. The number of nitrogens with two attached hydrogens (primary N) is 1. The van der Waals surface area contributed by atoms with Crippen LogP contribution >= 0.6 is 34.5 Å². The highest BCUT2D eigenvalue weighted by Crippen LogP contribution is 2.49. The molecule has 0 radical (unpaired) electrons. The van der Waals surface area contributed by atoms with Crippen molar-refractivity contribution in [1.82, 2.24) is 9.36 Å². The fourth-order valence-corrected chi connectivity index (χ4v) is 4.73. The second-order valence-electron chi connectivity index (χ2n) is 5.04. The van der Waals surface area contributed by atoms with E-state index in [1.165, 1.54) is 28.4 Å². The summed E-state index contributed by atoms with van der Waals surface area (Å²) in [4.78, 5) is 17.4. The van der Waals surface area contributed by atoms with Crippen molar-refractivity contribution in [1.29, 1.82) is 0 Å². The van der Waals surface area contributed by atoms with Gasteiger partial charge in [0.05, 0.1) is 21.5 Å². The van der Waals surface area contributed by atoms with Crippen LogP contribution in [0.1, 0.15) is 20.8 Å². The molecular formula is C15H10ClN3O2S2. The maximum absolute atomic E-state index is 11.8. The molecule has 2 N–H and O–H groups in total. The third-order valence-corrected chi connectivity index (χ3v) is 5.83. The van der Waals surface area contributed by atoms with Crippen molar-refractivity contribution in [2.45, 2.75) is 12.8 Å². The molecular weight excluding hydrogens is 354 g/mol. The number of hydrogen-bond acceptors (Lipinski definition) is 6. The summed E-state index contributed by atoms with van der Waals surface area (Å²) in [5, 5.41) is 1.04. The van der Waals surface area contributed by atoms with Gasteiger partial charge in [-0.15, -0.1) is 0 Å². The van der Waals surface area contributed by atoms with Gasteiger partial charge in [-0.05, 0) is 47.6 Å². The van der Waals surface area contributed by atoms with Gasteiger partial charge in [0.25, 0.3) is 5.91 Å². The van der Waals surface area contributed by atoms with E-state index in [0.29, 0.717) is 20.8 Å². The third-order valence-electron chi connectivity index (χ3n) is 3.62. The number of nitrogens with zero attached hydrogens (tertiary/aromatic N) is 2. The Kier molecular flexibility index (Phi) is 3.56. The molecule has 0 saturated heterocycles. The zero-order chi connectivity index (χ0) is 16.0. The Balaban J connectivity index is 1.84. The molecule has 0 unspecified atom stereocenters. The quantitative estimate of drug-likeness (QED) is 0.715. The summed E-state index contributed by atoms with van der Waals surface area (Å²) in [5.74, 6) is 0.134. The topological polar surface area (TPSA) is 78.1 Å². The number of thiophene rings is 1. The maximum Gasteiger partial charge on any atom is 0.259 e. The van der Waals surface area contributed by atoms with Crippen molar-refractivity contribution in [3.05, 3.63) is 45.7 Å². The van der Waals surface area contributed by atoms with Gasteiger partial charge in [0.2, 0.25) is 0 Å². The number of ether oxygens (including phenoxy) is 1. The molecule has 3 heterocycles. The number of primary amides is 1. The SMILES string of the molecule is NC(=O)c1sc(Oc2ccc(Cl)nc2)c2c1CCc1cnsc1-2. The van der Waals surface area contributed by atoms with E-state index in [1.807, 2.05) is 6.20 Å². The Morgan fingerprint density at radius 2 is 2.17 bits per heavy atom. The van der Waals surface area contributed by atoms with Crippen LogP contribution in [0.5, 0.6) is 10.8 Å². The van der Waals surface area contributed by atoms with Crippen molar-refractivity contribution in [2.75, 3.05) is 0 Å². The smallest absolute Gasteiger partial charge is 0.259 e. The van der Waals surface area contributed by atoms with E-state index < -0.39 is 5.91 Å². The summed E-state index contributed by atoms with van der Waals surface area (Å²) in [5.41, 5.74) is 8.60. The maximum atomic E-state index is 11.8. The zero-order valence-corrected chi connectivity index (χ0v) is 14.1. The van der Waals surface area contributed by atoms with E-state index in [1.54, 1.807) is 18.3 Å². The molecule has 0 atom stereocenters. The van der Waals surface area contributed by atoms with Crippen molar-refractivity contribution >= 4 is 40.4 Å². The first-order valence-corrected chi connectivity index (χ1v) is 8.79. The van der Waals surface area contributed by atoms with Gasteiger partial charge < -0.3 is 10.5 Å². The molecule has 4 rings (SSSR count). The summed E-state index contributed by atoms with van der Waals surface area (Å²) in [6.07, 6.45) is 5.04. The molecule has 0 fully saturated rings. The molecule has 0 spiro atoms. The van der Waals surface area contributed by atoms with Crippen LogP contribution in [0.2, 0.25) is 5.15 Å². The minimum atomic E-state index is -0.428. The Bertz CT molecular complexity index is 902. The number of halogens is 1. The molecule has 116 valence electrons. The first-order chi connectivity index (χ1) is 11.1. The van der Waals surface area contributed by atoms with Crippen LogP contribution in [0.4, 0.5) is 0 Å². The lowest BCUT2D eigenvalue weighted by Gasteiger charge is -2.13. The van der Waals surface area contributed by atoms with Gasteiger partial charge in [0.15, 0.2) is 5.06 Å². The molecule has 8 heteroatoms. The standard InChI is InChI=1S/C15H10ClN3O2S2/c16-10-4-2-8(6-18-10)21-15-11-9(13(22-15)14(17)20)3-1-7-5-19-23-12(7)11/h2,4-6H,1,3H2,(H2,17,20). The molecule has 0 saturated carbocycles. The molecule has 1 aliphatic rings. The lowest BCUT2D eigenvalue weighted by atomic mass is 9.93. The number of aromatic nitrogens is 2. The van der Waals surface area contributed by atoms with E-state index in [4.69, 9.17) is 22.1 Å². The van der Waals surface area contributed by atoms with Crippen molar-refractivity contribution < 1.29 is 9.53 Å². The van der Waals surface area contributed by atoms with E-state index in [2.05, 4.69) is 9.36 Å². The third kappa shape index (κ3) is 2.50.